The lowest BCUT2D eigenvalue weighted by Gasteiger charge is -2.25. The standard InChI is InChI=1S/C17H26N2O2/c1-5-14(6-2)13-19(7-3)17(20)16-10-8-15(9-11-16)12-18-21-4/h8-12,14H,5-7,13H2,1-4H3. The van der Waals surface area contributed by atoms with E-state index in [9.17, 15) is 4.79 Å². The minimum atomic E-state index is 0.0969. The maximum Gasteiger partial charge on any atom is 0.253 e. The van der Waals surface area contributed by atoms with Crippen molar-refractivity contribution in [1.29, 1.82) is 0 Å². The molecule has 0 unspecified atom stereocenters. The Morgan fingerprint density at radius 2 is 1.86 bits per heavy atom. The fourth-order valence-corrected chi connectivity index (χ4v) is 2.22. The number of benzene rings is 1. The number of hydrogen-bond acceptors (Lipinski definition) is 3. The summed E-state index contributed by atoms with van der Waals surface area (Å²) in [5.41, 5.74) is 1.63. The van der Waals surface area contributed by atoms with Crippen LogP contribution >= 0.6 is 0 Å². The predicted molar refractivity (Wildman–Crippen MR) is 86.7 cm³/mol. The minimum absolute atomic E-state index is 0.0969. The first-order valence-electron chi connectivity index (χ1n) is 7.62. The van der Waals surface area contributed by atoms with Crippen molar-refractivity contribution in [1.82, 2.24) is 4.90 Å². The largest absolute Gasteiger partial charge is 0.399 e. The maximum absolute atomic E-state index is 12.5. The second-order valence-electron chi connectivity index (χ2n) is 5.07. The number of amides is 1. The van der Waals surface area contributed by atoms with Gasteiger partial charge in [0.1, 0.15) is 7.11 Å². The van der Waals surface area contributed by atoms with E-state index in [1.165, 1.54) is 7.11 Å². The number of carbonyl (C=O) groups is 1. The highest BCUT2D eigenvalue weighted by molar-refractivity contribution is 5.95. The molecule has 1 aromatic rings. The van der Waals surface area contributed by atoms with Gasteiger partial charge < -0.3 is 9.74 Å². The van der Waals surface area contributed by atoms with Gasteiger partial charge in [0.2, 0.25) is 0 Å². The number of nitrogens with zero attached hydrogens (tertiary/aromatic N) is 2. The molecule has 0 aliphatic heterocycles. The molecule has 0 atom stereocenters. The normalized spacial score (nSPS) is 11.1. The Hall–Kier alpha value is -1.84. The van der Waals surface area contributed by atoms with Gasteiger partial charge in [-0.3, -0.25) is 4.79 Å². The summed E-state index contributed by atoms with van der Waals surface area (Å²) in [5, 5.41) is 3.71. The number of rotatable bonds is 8. The number of oxime groups is 1. The van der Waals surface area contributed by atoms with Crippen molar-refractivity contribution in [3.63, 3.8) is 0 Å². The predicted octanol–water partition coefficient (Wildman–Crippen LogP) is 3.57. The summed E-state index contributed by atoms with van der Waals surface area (Å²) >= 11 is 0. The Morgan fingerprint density at radius 1 is 1.24 bits per heavy atom. The van der Waals surface area contributed by atoms with E-state index in [2.05, 4.69) is 23.8 Å². The van der Waals surface area contributed by atoms with Gasteiger partial charge in [0.15, 0.2) is 0 Å². The summed E-state index contributed by atoms with van der Waals surface area (Å²) in [7, 11) is 1.51. The quantitative estimate of drug-likeness (QED) is 0.542. The molecule has 0 aliphatic rings. The molecule has 116 valence electrons. The van der Waals surface area contributed by atoms with E-state index in [1.807, 2.05) is 36.1 Å². The average molecular weight is 290 g/mol. The fourth-order valence-electron chi connectivity index (χ4n) is 2.22. The van der Waals surface area contributed by atoms with E-state index in [1.54, 1.807) is 6.21 Å². The Morgan fingerprint density at radius 3 is 2.33 bits per heavy atom. The summed E-state index contributed by atoms with van der Waals surface area (Å²) < 4.78 is 0. The molecule has 0 heterocycles. The first-order chi connectivity index (χ1) is 10.2. The summed E-state index contributed by atoms with van der Waals surface area (Å²) in [6.45, 7) is 7.95. The summed E-state index contributed by atoms with van der Waals surface area (Å²) in [6.07, 6.45) is 3.83. The van der Waals surface area contributed by atoms with Gasteiger partial charge in [-0.2, -0.15) is 0 Å². The van der Waals surface area contributed by atoms with Crippen molar-refractivity contribution in [3.8, 4) is 0 Å². The summed E-state index contributed by atoms with van der Waals surface area (Å²) in [6, 6.07) is 7.44. The molecule has 1 aromatic carbocycles. The van der Waals surface area contributed by atoms with Crippen LogP contribution in [0, 0.1) is 5.92 Å². The van der Waals surface area contributed by atoms with Gasteiger partial charge in [0.25, 0.3) is 5.91 Å². The Labute approximate surface area is 127 Å². The summed E-state index contributed by atoms with van der Waals surface area (Å²) in [4.78, 5) is 19.1. The highest BCUT2D eigenvalue weighted by Gasteiger charge is 2.17. The van der Waals surface area contributed by atoms with Crippen LogP contribution in [0.1, 0.15) is 49.5 Å². The van der Waals surface area contributed by atoms with E-state index in [-0.39, 0.29) is 5.91 Å². The van der Waals surface area contributed by atoms with Crippen LogP contribution < -0.4 is 0 Å². The molecule has 4 heteroatoms. The van der Waals surface area contributed by atoms with E-state index in [0.29, 0.717) is 5.92 Å². The second-order valence-corrected chi connectivity index (χ2v) is 5.07. The SMILES string of the molecule is CCC(CC)CN(CC)C(=O)c1ccc(C=NOC)cc1. The second kappa shape index (κ2) is 9.16. The molecule has 21 heavy (non-hydrogen) atoms. The topological polar surface area (TPSA) is 41.9 Å². The molecule has 0 radical (unpaired) electrons. The monoisotopic (exact) mass is 290 g/mol. The lowest BCUT2D eigenvalue weighted by atomic mass is 10.0. The lowest BCUT2D eigenvalue weighted by Crippen LogP contribution is -2.35. The zero-order valence-electron chi connectivity index (χ0n) is 13.5. The van der Waals surface area contributed by atoms with E-state index >= 15 is 0 Å². The molecule has 1 rings (SSSR count). The molecule has 4 nitrogen and oxygen atoms in total. The van der Waals surface area contributed by atoms with Gasteiger partial charge in [-0.15, -0.1) is 0 Å². The van der Waals surface area contributed by atoms with Crippen LogP contribution in [-0.4, -0.2) is 37.2 Å². The van der Waals surface area contributed by atoms with E-state index in [0.717, 1.165) is 37.1 Å². The van der Waals surface area contributed by atoms with Crippen molar-refractivity contribution < 1.29 is 9.63 Å². The maximum atomic E-state index is 12.5. The molecule has 1 amide bonds. The minimum Gasteiger partial charge on any atom is -0.399 e. The molecular formula is C17H26N2O2. The van der Waals surface area contributed by atoms with Crippen LogP contribution in [0.4, 0.5) is 0 Å². The van der Waals surface area contributed by atoms with Crippen LogP contribution in [0.25, 0.3) is 0 Å². The Balaban J connectivity index is 2.77. The third kappa shape index (κ3) is 5.21. The molecule has 0 fully saturated rings. The van der Waals surface area contributed by atoms with Crippen molar-refractivity contribution in [2.24, 2.45) is 11.1 Å². The van der Waals surface area contributed by atoms with Crippen molar-refractivity contribution in [3.05, 3.63) is 35.4 Å². The zero-order chi connectivity index (χ0) is 15.7. The summed E-state index contributed by atoms with van der Waals surface area (Å²) in [5.74, 6) is 0.668. The van der Waals surface area contributed by atoms with Gasteiger partial charge in [0.05, 0.1) is 6.21 Å². The first kappa shape index (κ1) is 17.2. The van der Waals surface area contributed by atoms with Crippen molar-refractivity contribution in [2.45, 2.75) is 33.6 Å². The van der Waals surface area contributed by atoms with E-state index in [4.69, 9.17) is 0 Å². The highest BCUT2D eigenvalue weighted by Crippen LogP contribution is 2.13. The van der Waals surface area contributed by atoms with Gasteiger partial charge in [-0.1, -0.05) is 44.0 Å². The highest BCUT2D eigenvalue weighted by atomic mass is 16.6. The van der Waals surface area contributed by atoms with Crippen LogP contribution in [0.15, 0.2) is 29.4 Å². The number of hydrogen-bond donors (Lipinski definition) is 0. The molecule has 0 saturated heterocycles. The first-order valence-corrected chi connectivity index (χ1v) is 7.62. The Kier molecular flexibility index (Phi) is 7.51. The molecule has 0 aliphatic carbocycles. The fraction of sp³-hybridized carbons (Fsp3) is 0.529. The Bertz CT molecular complexity index is 450. The average Bonchev–Trinajstić information content (AvgIpc) is 2.54. The van der Waals surface area contributed by atoms with E-state index < -0.39 is 0 Å². The lowest BCUT2D eigenvalue weighted by molar-refractivity contribution is 0.0735. The molecular weight excluding hydrogens is 264 g/mol. The third-order valence-corrected chi connectivity index (χ3v) is 3.77. The van der Waals surface area contributed by atoms with Gasteiger partial charge in [0, 0.05) is 18.7 Å². The van der Waals surface area contributed by atoms with Crippen LogP contribution in [0.3, 0.4) is 0 Å². The van der Waals surface area contributed by atoms with Crippen LogP contribution in [0.5, 0.6) is 0 Å². The zero-order valence-corrected chi connectivity index (χ0v) is 13.5. The molecule has 0 saturated carbocycles. The van der Waals surface area contributed by atoms with Gasteiger partial charge in [-0.25, -0.2) is 0 Å². The molecule has 0 spiro atoms. The van der Waals surface area contributed by atoms with Crippen LogP contribution in [-0.2, 0) is 4.84 Å². The van der Waals surface area contributed by atoms with Gasteiger partial charge >= 0.3 is 0 Å². The van der Waals surface area contributed by atoms with Crippen LogP contribution in [0.2, 0.25) is 0 Å². The molecule has 0 aromatic heterocycles. The smallest absolute Gasteiger partial charge is 0.253 e. The number of carbonyl (C=O) groups excluding carboxylic acids is 1. The van der Waals surface area contributed by atoms with Gasteiger partial charge in [-0.05, 0) is 30.5 Å². The third-order valence-electron chi connectivity index (χ3n) is 3.77. The molecule has 0 N–H and O–H groups in total. The van der Waals surface area contributed by atoms with Crippen molar-refractivity contribution in [2.75, 3.05) is 20.2 Å². The molecule has 0 bridgehead atoms. The van der Waals surface area contributed by atoms with Crippen molar-refractivity contribution >= 4 is 12.1 Å².